The minimum absolute atomic E-state index is 0.106. The number of hydrogen-bond donors (Lipinski definition) is 2. The summed E-state index contributed by atoms with van der Waals surface area (Å²) in [6, 6.07) is 2.93. The first-order valence-corrected chi connectivity index (χ1v) is 5.30. The van der Waals surface area contributed by atoms with Crippen molar-refractivity contribution in [3.63, 3.8) is 0 Å². The number of anilines is 1. The van der Waals surface area contributed by atoms with Crippen LogP contribution < -0.4 is 16.2 Å². The fourth-order valence-corrected chi connectivity index (χ4v) is 1.70. The van der Waals surface area contributed by atoms with Crippen LogP contribution in [0.5, 0.6) is 0 Å². The van der Waals surface area contributed by atoms with Gasteiger partial charge in [-0.2, -0.15) is 0 Å². The number of nitrogens with one attached hydrogen (secondary N) is 2. The van der Waals surface area contributed by atoms with Crippen LogP contribution >= 0.6 is 0 Å². The second-order valence-electron chi connectivity index (χ2n) is 4.06. The molecule has 2 rings (SSSR count). The molecule has 1 aromatic rings. The minimum atomic E-state index is -0.334. The van der Waals surface area contributed by atoms with Gasteiger partial charge in [0.15, 0.2) is 0 Å². The molecule has 1 atom stereocenters. The lowest BCUT2D eigenvalue weighted by atomic mass is 10.1. The Morgan fingerprint density at radius 3 is 2.82 bits per heavy atom. The normalized spacial score (nSPS) is 18.9. The largest absolute Gasteiger partial charge is 0.355 e. The van der Waals surface area contributed by atoms with Crippen LogP contribution in [0.25, 0.3) is 0 Å². The number of pyridine rings is 1. The lowest BCUT2D eigenvalue weighted by Gasteiger charge is -2.09. The summed E-state index contributed by atoms with van der Waals surface area (Å²) in [4.78, 5) is 33.9. The van der Waals surface area contributed by atoms with Crippen molar-refractivity contribution in [1.82, 2.24) is 9.88 Å². The minimum Gasteiger partial charge on any atom is -0.355 e. The highest BCUT2D eigenvalue weighted by Crippen LogP contribution is 2.12. The first-order chi connectivity index (χ1) is 8.06. The number of aromatic nitrogens is 1. The Labute approximate surface area is 97.6 Å². The van der Waals surface area contributed by atoms with Gasteiger partial charge in [-0.25, -0.2) is 0 Å². The van der Waals surface area contributed by atoms with E-state index in [-0.39, 0.29) is 29.7 Å². The van der Waals surface area contributed by atoms with Crippen LogP contribution in [0, 0.1) is 5.92 Å². The summed E-state index contributed by atoms with van der Waals surface area (Å²) < 4.78 is 1.38. The van der Waals surface area contributed by atoms with E-state index < -0.39 is 0 Å². The maximum atomic E-state index is 11.8. The molecular formula is C11H13N3O3. The molecule has 6 nitrogen and oxygen atoms in total. The predicted octanol–water partition coefficient (Wildman–Crippen LogP) is -0.540. The van der Waals surface area contributed by atoms with Crippen molar-refractivity contribution in [2.45, 2.75) is 6.42 Å². The zero-order valence-corrected chi connectivity index (χ0v) is 9.40. The molecule has 0 spiro atoms. The first-order valence-electron chi connectivity index (χ1n) is 5.30. The number of amides is 2. The average molecular weight is 235 g/mol. The van der Waals surface area contributed by atoms with Gasteiger partial charge in [0.25, 0.3) is 0 Å². The molecule has 0 saturated carbocycles. The topological polar surface area (TPSA) is 80.2 Å². The zero-order valence-electron chi connectivity index (χ0n) is 9.40. The van der Waals surface area contributed by atoms with Crippen molar-refractivity contribution in [2.75, 3.05) is 11.9 Å². The van der Waals surface area contributed by atoms with Gasteiger partial charge in [-0.3, -0.25) is 14.4 Å². The Balaban J connectivity index is 2.05. The summed E-state index contributed by atoms with van der Waals surface area (Å²) in [6.07, 6.45) is 1.77. The summed E-state index contributed by atoms with van der Waals surface area (Å²) in [5.74, 6) is -0.646. The van der Waals surface area contributed by atoms with Gasteiger partial charge >= 0.3 is 0 Å². The average Bonchev–Trinajstić information content (AvgIpc) is 2.70. The van der Waals surface area contributed by atoms with E-state index in [1.807, 2.05) is 0 Å². The number of hydrogen-bond acceptors (Lipinski definition) is 3. The molecule has 1 saturated heterocycles. The highest BCUT2D eigenvalue weighted by molar-refractivity contribution is 5.97. The maximum Gasteiger partial charge on any atom is 0.250 e. The fraction of sp³-hybridized carbons (Fsp3) is 0.364. The van der Waals surface area contributed by atoms with Crippen molar-refractivity contribution in [3.05, 3.63) is 28.7 Å². The molecule has 1 aliphatic heterocycles. The number of nitrogens with zero attached hydrogens (tertiary/aromatic N) is 1. The standard InChI is InChI=1S/C11H13N3O3/c1-14-6-8(2-3-10(14)16)13-11(17)7-4-9(15)12-5-7/h2-3,6-7H,4-5H2,1H3,(H,12,15)(H,13,17). The lowest BCUT2D eigenvalue weighted by molar-refractivity contribution is -0.123. The Hall–Kier alpha value is -2.11. The molecule has 0 bridgehead atoms. The molecule has 17 heavy (non-hydrogen) atoms. The molecular weight excluding hydrogens is 222 g/mol. The molecule has 0 aromatic carbocycles. The zero-order chi connectivity index (χ0) is 12.4. The van der Waals surface area contributed by atoms with E-state index in [1.54, 1.807) is 19.3 Å². The third-order valence-electron chi connectivity index (χ3n) is 2.70. The van der Waals surface area contributed by atoms with E-state index in [0.717, 1.165) is 0 Å². The van der Waals surface area contributed by atoms with Crippen LogP contribution in [-0.4, -0.2) is 22.9 Å². The molecule has 2 amide bonds. The molecule has 2 N–H and O–H groups in total. The molecule has 0 aliphatic carbocycles. The highest BCUT2D eigenvalue weighted by atomic mass is 16.2. The molecule has 2 heterocycles. The van der Waals surface area contributed by atoms with Gasteiger partial charge in [0, 0.05) is 32.3 Å². The molecule has 6 heteroatoms. The first kappa shape index (κ1) is 11.4. The molecule has 1 aliphatic rings. The molecule has 1 fully saturated rings. The number of carbonyl (C=O) groups excluding carboxylic acids is 2. The van der Waals surface area contributed by atoms with Crippen molar-refractivity contribution in [2.24, 2.45) is 13.0 Å². The van der Waals surface area contributed by atoms with Crippen molar-refractivity contribution >= 4 is 17.5 Å². The van der Waals surface area contributed by atoms with Crippen LogP contribution in [0.3, 0.4) is 0 Å². The summed E-state index contributed by atoms with van der Waals surface area (Å²) in [6.45, 7) is 0.371. The Morgan fingerprint density at radius 2 is 2.24 bits per heavy atom. The summed E-state index contributed by atoms with van der Waals surface area (Å²) >= 11 is 0. The van der Waals surface area contributed by atoms with E-state index in [1.165, 1.54) is 10.6 Å². The van der Waals surface area contributed by atoms with Gasteiger partial charge in [0.1, 0.15) is 0 Å². The van der Waals surface area contributed by atoms with Crippen molar-refractivity contribution in [3.8, 4) is 0 Å². The van der Waals surface area contributed by atoms with E-state index in [0.29, 0.717) is 12.2 Å². The van der Waals surface area contributed by atoms with Crippen LogP contribution in [0.4, 0.5) is 5.69 Å². The van der Waals surface area contributed by atoms with E-state index in [4.69, 9.17) is 0 Å². The van der Waals surface area contributed by atoms with Crippen molar-refractivity contribution < 1.29 is 9.59 Å². The quantitative estimate of drug-likeness (QED) is 0.722. The Bertz CT molecular complexity index is 521. The van der Waals surface area contributed by atoms with Crippen LogP contribution in [0.2, 0.25) is 0 Å². The highest BCUT2D eigenvalue weighted by Gasteiger charge is 2.27. The summed E-state index contributed by atoms with van der Waals surface area (Å²) in [5, 5.41) is 5.28. The van der Waals surface area contributed by atoms with Gasteiger partial charge in [0.2, 0.25) is 17.4 Å². The molecule has 1 aromatic heterocycles. The van der Waals surface area contributed by atoms with E-state index >= 15 is 0 Å². The van der Waals surface area contributed by atoms with Gasteiger partial charge < -0.3 is 15.2 Å². The number of rotatable bonds is 2. The van der Waals surface area contributed by atoms with E-state index in [2.05, 4.69) is 10.6 Å². The van der Waals surface area contributed by atoms with Crippen molar-refractivity contribution in [1.29, 1.82) is 0 Å². The maximum absolute atomic E-state index is 11.8. The monoisotopic (exact) mass is 235 g/mol. The summed E-state index contributed by atoms with van der Waals surface area (Å²) in [5.41, 5.74) is 0.414. The van der Waals surface area contributed by atoms with Gasteiger partial charge in [-0.05, 0) is 6.07 Å². The smallest absolute Gasteiger partial charge is 0.250 e. The van der Waals surface area contributed by atoms with Crippen LogP contribution in [-0.2, 0) is 16.6 Å². The van der Waals surface area contributed by atoms with Gasteiger partial charge in [-0.1, -0.05) is 0 Å². The Morgan fingerprint density at radius 1 is 1.47 bits per heavy atom. The third-order valence-corrected chi connectivity index (χ3v) is 2.70. The second-order valence-corrected chi connectivity index (χ2v) is 4.06. The second kappa shape index (κ2) is 4.40. The number of aryl methyl sites for hydroxylation is 1. The van der Waals surface area contributed by atoms with Gasteiger partial charge in [-0.15, -0.1) is 0 Å². The lowest BCUT2D eigenvalue weighted by Crippen LogP contribution is -2.25. The van der Waals surface area contributed by atoms with Crippen LogP contribution in [0.15, 0.2) is 23.1 Å². The number of carbonyl (C=O) groups is 2. The van der Waals surface area contributed by atoms with Crippen LogP contribution in [0.1, 0.15) is 6.42 Å². The molecule has 90 valence electrons. The SMILES string of the molecule is Cn1cc(NC(=O)C2CNC(=O)C2)ccc1=O. The predicted molar refractivity (Wildman–Crippen MR) is 61.4 cm³/mol. The van der Waals surface area contributed by atoms with E-state index in [9.17, 15) is 14.4 Å². The fourth-order valence-electron chi connectivity index (χ4n) is 1.70. The van der Waals surface area contributed by atoms with Gasteiger partial charge in [0.05, 0.1) is 11.6 Å². The third kappa shape index (κ3) is 2.52. The molecule has 0 radical (unpaired) electrons. The molecule has 1 unspecified atom stereocenters. The summed E-state index contributed by atoms with van der Waals surface area (Å²) in [7, 11) is 1.61. The Kier molecular flexibility index (Phi) is 2.95.